The van der Waals surface area contributed by atoms with Gasteiger partial charge >= 0.3 is 0 Å². The van der Waals surface area contributed by atoms with Crippen LogP contribution >= 0.6 is 0 Å². The van der Waals surface area contributed by atoms with Crippen molar-refractivity contribution < 1.29 is 4.84 Å². The second-order valence-corrected chi connectivity index (χ2v) is 6.40. The van der Waals surface area contributed by atoms with Crippen molar-refractivity contribution in [2.24, 2.45) is 0 Å². The summed E-state index contributed by atoms with van der Waals surface area (Å²) >= 11 is 0. The number of aryl methyl sites for hydroxylation is 1. The van der Waals surface area contributed by atoms with E-state index in [0.29, 0.717) is 0 Å². The molecule has 0 radical (unpaired) electrons. The molecule has 1 atom stereocenters. The van der Waals surface area contributed by atoms with E-state index in [-0.39, 0.29) is 6.04 Å². The van der Waals surface area contributed by atoms with Gasteiger partial charge < -0.3 is 4.84 Å². The Labute approximate surface area is 149 Å². The molecule has 0 amide bonds. The molecule has 0 aromatic heterocycles. The molecule has 25 heavy (non-hydrogen) atoms. The van der Waals surface area contributed by atoms with Crippen LogP contribution in [0.25, 0.3) is 5.76 Å². The molecule has 0 bridgehead atoms. The van der Waals surface area contributed by atoms with Crippen LogP contribution in [0.2, 0.25) is 0 Å². The lowest BCUT2D eigenvalue weighted by Gasteiger charge is -2.23. The molecule has 2 nitrogen and oxygen atoms in total. The van der Waals surface area contributed by atoms with Gasteiger partial charge in [-0.3, -0.25) is 0 Å². The highest BCUT2D eigenvalue weighted by atomic mass is 16.7. The van der Waals surface area contributed by atoms with Gasteiger partial charge in [-0.2, -0.15) is 0 Å². The Hall–Kier alpha value is -2.84. The van der Waals surface area contributed by atoms with Crippen LogP contribution in [0.4, 0.5) is 0 Å². The highest BCUT2D eigenvalue weighted by Crippen LogP contribution is 2.36. The van der Waals surface area contributed by atoms with Crippen molar-refractivity contribution in [3.05, 3.63) is 113 Å². The van der Waals surface area contributed by atoms with E-state index < -0.39 is 0 Å². The van der Waals surface area contributed by atoms with E-state index in [1.165, 1.54) is 16.7 Å². The number of hydroxylamine groups is 2. The molecule has 0 aliphatic carbocycles. The molecule has 1 aliphatic rings. The standard InChI is InChI=1S/C23H21NO/c1-18-12-14-21(15-13-18)23-16-22(20-10-6-3-7-11-20)24(25-23)17-19-8-4-2-5-9-19/h2-16,22H,17H2,1H3. The van der Waals surface area contributed by atoms with Gasteiger partial charge in [0.15, 0.2) is 5.76 Å². The summed E-state index contributed by atoms with van der Waals surface area (Å²) in [4.78, 5) is 6.25. The van der Waals surface area contributed by atoms with Gasteiger partial charge in [0.2, 0.25) is 0 Å². The number of benzene rings is 3. The monoisotopic (exact) mass is 327 g/mol. The van der Waals surface area contributed by atoms with E-state index in [2.05, 4.69) is 90.9 Å². The van der Waals surface area contributed by atoms with Crippen molar-refractivity contribution in [1.82, 2.24) is 5.06 Å². The zero-order valence-corrected chi connectivity index (χ0v) is 14.3. The topological polar surface area (TPSA) is 12.5 Å². The Bertz CT molecular complexity index is 854. The predicted molar refractivity (Wildman–Crippen MR) is 101 cm³/mol. The van der Waals surface area contributed by atoms with E-state index in [0.717, 1.165) is 17.9 Å². The summed E-state index contributed by atoms with van der Waals surface area (Å²) in [5.74, 6) is 0.921. The minimum Gasteiger partial charge on any atom is -0.404 e. The zero-order valence-electron chi connectivity index (χ0n) is 14.3. The Morgan fingerprint density at radius 3 is 2.12 bits per heavy atom. The fraction of sp³-hybridized carbons (Fsp3) is 0.130. The first-order chi connectivity index (χ1) is 12.3. The molecule has 0 N–H and O–H groups in total. The van der Waals surface area contributed by atoms with Crippen molar-refractivity contribution in [2.75, 3.05) is 0 Å². The molecule has 2 heteroatoms. The van der Waals surface area contributed by atoms with Gasteiger partial charge in [0.25, 0.3) is 0 Å². The van der Waals surface area contributed by atoms with Crippen LogP contribution in [0.3, 0.4) is 0 Å². The van der Waals surface area contributed by atoms with E-state index in [1.807, 2.05) is 12.1 Å². The number of hydrogen-bond donors (Lipinski definition) is 0. The Kier molecular flexibility index (Phi) is 4.36. The Morgan fingerprint density at radius 1 is 0.800 bits per heavy atom. The van der Waals surface area contributed by atoms with Gasteiger partial charge in [-0.05, 0) is 24.1 Å². The minimum absolute atomic E-state index is 0.109. The second kappa shape index (κ2) is 6.96. The SMILES string of the molecule is Cc1ccc(C2=CC(c3ccccc3)N(Cc3ccccc3)O2)cc1. The molecule has 0 spiro atoms. The highest BCUT2D eigenvalue weighted by molar-refractivity contribution is 5.62. The summed E-state index contributed by atoms with van der Waals surface area (Å²) in [6.45, 7) is 2.84. The van der Waals surface area contributed by atoms with E-state index in [4.69, 9.17) is 4.84 Å². The lowest BCUT2D eigenvalue weighted by molar-refractivity contribution is -0.101. The van der Waals surface area contributed by atoms with Gasteiger partial charge in [0, 0.05) is 5.56 Å². The summed E-state index contributed by atoms with van der Waals surface area (Å²) in [6.07, 6.45) is 2.21. The van der Waals surface area contributed by atoms with E-state index in [9.17, 15) is 0 Å². The molecule has 0 fully saturated rings. The average molecular weight is 327 g/mol. The van der Waals surface area contributed by atoms with Gasteiger partial charge in [-0.15, -0.1) is 5.06 Å². The number of rotatable bonds is 4. The van der Waals surface area contributed by atoms with Crippen molar-refractivity contribution >= 4 is 5.76 Å². The smallest absolute Gasteiger partial charge is 0.152 e. The molecular formula is C23H21NO. The van der Waals surface area contributed by atoms with Crippen molar-refractivity contribution in [1.29, 1.82) is 0 Å². The maximum Gasteiger partial charge on any atom is 0.152 e. The summed E-state index contributed by atoms with van der Waals surface area (Å²) in [7, 11) is 0. The Balaban J connectivity index is 1.65. The van der Waals surface area contributed by atoms with Crippen LogP contribution in [-0.4, -0.2) is 5.06 Å². The summed E-state index contributed by atoms with van der Waals surface area (Å²) in [5.41, 5.74) is 4.84. The van der Waals surface area contributed by atoms with Crippen molar-refractivity contribution in [3.8, 4) is 0 Å². The third-order valence-corrected chi connectivity index (χ3v) is 4.49. The van der Waals surface area contributed by atoms with Crippen LogP contribution in [-0.2, 0) is 11.4 Å². The fourth-order valence-electron chi connectivity index (χ4n) is 3.11. The van der Waals surface area contributed by atoms with Gasteiger partial charge in [0.1, 0.15) is 0 Å². The molecule has 0 saturated heterocycles. The largest absolute Gasteiger partial charge is 0.404 e. The normalized spacial score (nSPS) is 17.2. The third-order valence-electron chi connectivity index (χ3n) is 4.49. The van der Waals surface area contributed by atoms with Crippen LogP contribution in [0.1, 0.15) is 28.3 Å². The summed E-state index contributed by atoms with van der Waals surface area (Å²) < 4.78 is 0. The highest BCUT2D eigenvalue weighted by Gasteiger charge is 2.29. The predicted octanol–water partition coefficient (Wildman–Crippen LogP) is 5.52. The molecular weight excluding hydrogens is 306 g/mol. The lowest BCUT2D eigenvalue weighted by atomic mass is 10.0. The summed E-state index contributed by atoms with van der Waals surface area (Å²) in [6, 6.07) is 29.5. The van der Waals surface area contributed by atoms with Crippen LogP contribution in [0.5, 0.6) is 0 Å². The van der Waals surface area contributed by atoms with Gasteiger partial charge in [-0.25, -0.2) is 0 Å². The molecule has 1 aliphatic heterocycles. The molecule has 3 aromatic carbocycles. The lowest BCUT2D eigenvalue weighted by Crippen LogP contribution is -2.22. The maximum absolute atomic E-state index is 6.25. The van der Waals surface area contributed by atoms with Gasteiger partial charge in [-0.1, -0.05) is 90.5 Å². The van der Waals surface area contributed by atoms with Crippen LogP contribution in [0.15, 0.2) is 91.0 Å². The van der Waals surface area contributed by atoms with Crippen LogP contribution in [0, 0.1) is 6.92 Å². The molecule has 0 saturated carbocycles. The maximum atomic E-state index is 6.25. The molecule has 124 valence electrons. The first-order valence-electron chi connectivity index (χ1n) is 8.62. The molecule has 1 unspecified atom stereocenters. The van der Waals surface area contributed by atoms with Crippen molar-refractivity contribution in [2.45, 2.75) is 19.5 Å². The first-order valence-corrected chi connectivity index (χ1v) is 8.62. The summed E-state index contributed by atoms with van der Waals surface area (Å²) in [5, 5.41) is 2.06. The molecule has 4 rings (SSSR count). The van der Waals surface area contributed by atoms with Crippen LogP contribution < -0.4 is 0 Å². The van der Waals surface area contributed by atoms with Gasteiger partial charge in [0.05, 0.1) is 12.6 Å². The van der Waals surface area contributed by atoms with E-state index in [1.54, 1.807) is 0 Å². The molecule has 3 aromatic rings. The third kappa shape index (κ3) is 3.49. The molecule has 1 heterocycles. The van der Waals surface area contributed by atoms with Crippen molar-refractivity contribution in [3.63, 3.8) is 0 Å². The Morgan fingerprint density at radius 2 is 1.44 bits per heavy atom. The first kappa shape index (κ1) is 15.7. The second-order valence-electron chi connectivity index (χ2n) is 6.40. The zero-order chi connectivity index (χ0) is 17.1. The van der Waals surface area contributed by atoms with E-state index >= 15 is 0 Å². The number of hydrogen-bond acceptors (Lipinski definition) is 2. The average Bonchev–Trinajstić information content (AvgIpc) is 3.08. The fourth-order valence-corrected chi connectivity index (χ4v) is 3.11. The quantitative estimate of drug-likeness (QED) is 0.625. The minimum atomic E-state index is 0.109. The number of nitrogens with zero attached hydrogens (tertiary/aromatic N) is 1.